The molecule has 1 nitrogen and oxygen atoms in total. The molecule has 2 rings (SSSR count). The third-order valence-electron chi connectivity index (χ3n) is 2.95. The minimum atomic E-state index is 0.504. The summed E-state index contributed by atoms with van der Waals surface area (Å²) in [5.74, 6) is 0. The van der Waals surface area contributed by atoms with E-state index < -0.39 is 0 Å². The molecule has 0 fully saturated rings. The quantitative estimate of drug-likeness (QED) is 0.713. The van der Waals surface area contributed by atoms with Gasteiger partial charge in [-0.2, -0.15) is 0 Å². The normalized spacial score (nSPS) is 12.6. The van der Waals surface area contributed by atoms with E-state index in [4.69, 9.17) is 0 Å². The van der Waals surface area contributed by atoms with Gasteiger partial charge in [0.15, 0.2) is 0 Å². The maximum absolute atomic E-state index is 3.58. The molecule has 1 unspecified atom stereocenters. The average Bonchev–Trinajstić information content (AvgIpc) is 2.78. The van der Waals surface area contributed by atoms with Crippen molar-refractivity contribution in [2.75, 3.05) is 6.54 Å². The summed E-state index contributed by atoms with van der Waals surface area (Å²) in [6, 6.07) is 13.4. The number of nitrogens with one attached hydrogen (secondary N) is 1. The highest BCUT2D eigenvalue weighted by atomic mass is 79.9. The van der Waals surface area contributed by atoms with Crippen molar-refractivity contribution >= 4 is 43.2 Å². The summed E-state index contributed by atoms with van der Waals surface area (Å²) in [5, 5.41) is 3.58. The van der Waals surface area contributed by atoms with Crippen molar-refractivity contribution in [2.45, 2.75) is 25.8 Å². The molecule has 1 N–H and O–H groups in total. The Morgan fingerprint density at radius 2 is 1.84 bits per heavy atom. The van der Waals surface area contributed by atoms with Gasteiger partial charge in [-0.15, -0.1) is 11.3 Å². The molecule has 1 aromatic heterocycles. The third kappa shape index (κ3) is 5.38. The van der Waals surface area contributed by atoms with Crippen molar-refractivity contribution in [3.63, 3.8) is 0 Å². The Kier molecular flexibility index (Phi) is 6.07. The van der Waals surface area contributed by atoms with Crippen LogP contribution in [0.15, 0.2) is 44.7 Å². The van der Waals surface area contributed by atoms with Crippen LogP contribution in [0.4, 0.5) is 0 Å². The van der Waals surface area contributed by atoms with Gasteiger partial charge in [-0.05, 0) is 65.5 Å². The highest BCUT2D eigenvalue weighted by molar-refractivity contribution is 9.11. The summed E-state index contributed by atoms with van der Waals surface area (Å²) in [7, 11) is 0. The standard InChI is InChI=1S/C15H17Br2NS/c1-11(10-12-2-4-13(16)5-3-12)18-9-8-14-6-7-15(17)19-14/h2-7,11,18H,8-10H2,1H3. The van der Waals surface area contributed by atoms with Gasteiger partial charge in [-0.3, -0.25) is 0 Å². The molecule has 0 aliphatic carbocycles. The van der Waals surface area contributed by atoms with Crippen LogP contribution >= 0.6 is 43.2 Å². The van der Waals surface area contributed by atoms with Crippen LogP contribution in [-0.4, -0.2) is 12.6 Å². The average molecular weight is 403 g/mol. The zero-order valence-corrected chi connectivity index (χ0v) is 14.8. The molecular weight excluding hydrogens is 386 g/mol. The first-order chi connectivity index (χ1) is 9.13. The van der Waals surface area contributed by atoms with E-state index in [0.717, 1.165) is 23.9 Å². The van der Waals surface area contributed by atoms with Crippen molar-refractivity contribution in [3.8, 4) is 0 Å². The lowest BCUT2D eigenvalue weighted by Gasteiger charge is -2.13. The predicted octanol–water partition coefficient (Wildman–Crippen LogP) is 5.04. The van der Waals surface area contributed by atoms with E-state index in [0.29, 0.717) is 6.04 Å². The zero-order valence-electron chi connectivity index (χ0n) is 10.8. The minimum Gasteiger partial charge on any atom is -0.314 e. The van der Waals surface area contributed by atoms with E-state index in [1.165, 1.54) is 14.2 Å². The van der Waals surface area contributed by atoms with Gasteiger partial charge in [-0.25, -0.2) is 0 Å². The van der Waals surface area contributed by atoms with Gasteiger partial charge in [0.2, 0.25) is 0 Å². The lowest BCUT2D eigenvalue weighted by Crippen LogP contribution is -2.29. The lowest BCUT2D eigenvalue weighted by atomic mass is 10.1. The topological polar surface area (TPSA) is 12.0 Å². The van der Waals surface area contributed by atoms with Crippen molar-refractivity contribution in [1.82, 2.24) is 5.32 Å². The Balaban J connectivity index is 1.72. The number of thiophene rings is 1. The van der Waals surface area contributed by atoms with Crippen LogP contribution in [0, 0.1) is 0 Å². The molecule has 0 saturated carbocycles. The largest absolute Gasteiger partial charge is 0.314 e. The highest BCUT2D eigenvalue weighted by Crippen LogP contribution is 2.22. The van der Waals surface area contributed by atoms with Crippen molar-refractivity contribution in [3.05, 3.63) is 55.1 Å². The van der Waals surface area contributed by atoms with Gasteiger partial charge in [-0.1, -0.05) is 28.1 Å². The molecule has 0 spiro atoms. The van der Waals surface area contributed by atoms with Crippen LogP contribution in [-0.2, 0) is 12.8 Å². The summed E-state index contributed by atoms with van der Waals surface area (Å²) in [6.07, 6.45) is 2.17. The van der Waals surface area contributed by atoms with Crippen molar-refractivity contribution in [1.29, 1.82) is 0 Å². The SMILES string of the molecule is CC(Cc1ccc(Br)cc1)NCCc1ccc(Br)s1. The summed E-state index contributed by atoms with van der Waals surface area (Å²) < 4.78 is 2.35. The molecule has 2 aromatic rings. The van der Waals surface area contributed by atoms with Crippen molar-refractivity contribution < 1.29 is 0 Å². The molecule has 1 atom stereocenters. The summed E-state index contributed by atoms with van der Waals surface area (Å²) in [5.41, 5.74) is 1.38. The van der Waals surface area contributed by atoms with Gasteiger partial charge >= 0.3 is 0 Å². The fourth-order valence-corrected chi connectivity index (χ4v) is 3.72. The van der Waals surface area contributed by atoms with Crippen molar-refractivity contribution in [2.24, 2.45) is 0 Å². The second-order valence-electron chi connectivity index (χ2n) is 4.64. The summed E-state index contributed by atoms with van der Waals surface area (Å²) in [4.78, 5) is 1.43. The highest BCUT2D eigenvalue weighted by Gasteiger charge is 2.04. The molecular formula is C15H17Br2NS. The molecule has 19 heavy (non-hydrogen) atoms. The summed E-state index contributed by atoms with van der Waals surface area (Å²) >= 11 is 8.78. The zero-order chi connectivity index (χ0) is 13.7. The first-order valence-electron chi connectivity index (χ1n) is 6.35. The Labute approximate surface area is 135 Å². The van der Waals surface area contributed by atoms with Gasteiger partial charge in [0.1, 0.15) is 0 Å². The number of benzene rings is 1. The number of hydrogen-bond acceptors (Lipinski definition) is 2. The maximum atomic E-state index is 3.58. The van der Waals surface area contributed by atoms with Gasteiger partial charge < -0.3 is 5.32 Å². The predicted molar refractivity (Wildman–Crippen MR) is 91.0 cm³/mol. The molecule has 0 amide bonds. The fraction of sp³-hybridized carbons (Fsp3) is 0.333. The second kappa shape index (κ2) is 7.58. The molecule has 1 heterocycles. The van der Waals surface area contributed by atoms with Crippen LogP contribution in [0.3, 0.4) is 0 Å². The number of rotatable bonds is 6. The molecule has 102 valence electrons. The molecule has 0 radical (unpaired) electrons. The van der Waals surface area contributed by atoms with Gasteiger partial charge in [0.05, 0.1) is 3.79 Å². The Morgan fingerprint density at radius 1 is 1.11 bits per heavy atom. The molecule has 4 heteroatoms. The van der Waals surface area contributed by atoms with Crippen LogP contribution in [0.5, 0.6) is 0 Å². The smallest absolute Gasteiger partial charge is 0.0701 e. The molecule has 1 aromatic carbocycles. The first kappa shape index (κ1) is 15.2. The molecule has 0 aliphatic rings. The van der Waals surface area contributed by atoms with E-state index in [9.17, 15) is 0 Å². The van der Waals surface area contributed by atoms with Crippen LogP contribution in [0.2, 0.25) is 0 Å². The maximum Gasteiger partial charge on any atom is 0.0701 e. The van der Waals surface area contributed by atoms with Crippen LogP contribution in [0.25, 0.3) is 0 Å². The Bertz CT molecular complexity index is 507. The van der Waals surface area contributed by atoms with Crippen LogP contribution < -0.4 is 5.32 Å². The van der Waals surface area contributed by atoms with E-state index in [1.54, 1.807) is 0 Å². The van der Waals surface area contributed by atoms with E-state index in [-0.39, 0.29) is 0 Å². The second-order valence-corrected chi connectivity index (χ2v) is 8.10. The molecule has 0 saturated heterocycles. The van der Waals surface area contributed by atoms with Crippen LogP contribution in [0.1, 0.15) is 17.4 Å². The summed E-state index contributed by atoms with van der Waals surface area (Å²) in [6.45, 7) is 3.27. The van der Waals surface area contributed by atoms with E-state index in [1.807, 2.05) is 11.3 Å². The first-order valence-corrected chi connectivity index (χ1v) is 8.76. The number of hydrogen-bond donors (Lipinski definition) is 1. The monoisotopic (exact) mass is 401 g/mol. The third-order valence-corrected chi connectivity index (χ3v) is 5.16. The van der Waals surface area contributed by atoms with E-state index in [2.05, 4.69) is 80.5 Å². The molecule has 0 aliphatic heterocycles. The minimum absolute atomic E-state index is 0.504. The van der Waals surface area contributed by atoms with Gasteiger partial charge in [0, 0.05) is 21.9 Å². The van der Waals surface area contributed by atoms with E-state index >= 15 is 0 Å². The molecule has 0 bridgehead atoms. The Morgan fingerprint density at radius 3 is 2.47 bits per heavy atom. The van der Waals surface area contributed by atoms with Gasteiger partial charge in [0.25, 0.3) is 0 Å². The number of halogens is 2. The lowest BCUT2D eigenvalue weighted by molar-refractivity contribution is 0.550. The Hall–Kier alpha value is -0.160. The fourth-order valence-electron chi connectivity index (χ4n) is 1.97.